The summed E-state index contributed by atoms with van der Waals surface area (Å²) >= 11 is 0. The van der Waals surface area contributed by atoms with Crippen LogP contribution in [0.15, 0.2) is 24.3 Å². The smallest absolute Gasteiger partial charge is 0.408 e. The molecule has 0 saturated carbocycles. The zero-order valence-corrected chi connectivity index (χ0v) is 7.19. The molecule has 0 radical (unpaired) electrons. The number of amides is 1. The molecule has 70 valence electrons. The van der Waals surface area contributed by atoms with Gasteiger partial charge in [-0.05, 0) is 5.56 Å². The van der Waals surface area contributed by atoms with Crippen molar-refractivity contribution in [3.63, 3.8) is 0 Å². The summed E-state index contributed by atoms with van der Waals surface area (Å²) in [6, 6.07) is 6.96. The number of fused-ring (bicyclic) bond motifs is 3. The molecule has 0 bridgehead atoms. The summed E-state index contributed by atoms with van der Waals surface area (Å²) < 4.78 is 4.88. The van der Waals surface area contributed by atoms with Gasteiger partial charge in [0.05, 0.1) is 0 Å². The van der Waals surface area contributed by atoms with Gasteiger partial charge in [-0.15, -0.1) is 0 Å². The lowest BCUT2D eigenvalue weighted by Gasteiger charge is -2.04. The van der Waals surface area contributed by atoms with Gasteiger partial charge in [0.15, 0.2) is 6.10 Å². The minimum atomic E-state index is -0.653. The molecule has 1 fully saturated rings. The first-order valence-corrected chi connectivity index (χ1v) is 4.37. The number of Topliss-reactive ketones (excluding diaryl/α,β-unsaturated/α-hetero) is 1. The largest absolute Gasteiger partial charge is 0.435 e. The Morgan fingerprint density at radius 1 is 1.21 bits per heavy atom. The Labute approximate surface area is 79.9 Å². The van der Waals surface area contributed by atoms with Crippen LogP contribution < -0.4 is 5.32 Å². The van der Waals surface area contributed by atoms with Gasteiger partial charge in [0.25, 0.3) is 0 Å². The molecule has 1 amide bonds. The van der Waals surface area contributed by atoms with E-state index in [0.717, 1.165) is 5.56 Å². The summed E-state index contributed by atoms with van der Waals surface area (Å²) in [5.41, 5.74) is 1.51. The van der Waals surface area contributed by atoms with Crippen molar-refractivity contribution in [3.05, 3.63) is 35.4 Å². The molecule has 1 aliphatic carbocycles. The summed E-state index contributed by atoms with van der Waals surface area (Å²) in [5.74, 6) is -0.107. The van der Waals surface area contributed by atoms with Crippen LogP contribution in [0.3, 0.4) is 0 Å². The first kappa shape index (κ1) is 7.55. The average Bonchev–Trinajstić information content (AvgIpc) is 2.68. The number of ether oxygens (including phenoxy) is 1. The van der Waals surface area contributed by atoms with Crippen molar-refractivity contribution >= 4 is 11.9 Å². The first-order valence-electron chi connectivity index (χ1n) is 4.37. The molecule has 4 nitrogen and oxygen atoms in total. The average molecular weight is 189 g/mol. The van der Waals surface area contributed by atoms with Gasteiger partial charge < -0.3 is 10.1 Å². The minimum absolute atomic E-state index is 0.107. The van der Waals surface area contributed by atoms with Gasteiger partial charge in [-0.25, -0.2) is 4.79 Å². The fourth-order valence-corrected chi connectivity index (χ4v) is 2.01. The van der Waals surface area contributed by atoms with Gasteiger partial charge in [-0.1, -0.05) is 24.3 Å². The second-order valence-corrected chi connectivity index (χ2v) is 3.40. The zero-order chi connectivity index (χ0) is 9.71. The van der Waals surface area contributed by atoms with E-state index in [9.17, 15) is 9.59 Å². The fraction of sp³-hybridized carbons (Fsp3) is 0.200. The molecular weight excluding hydrogens is 182 g/mol. The third-order valence-corrected chi connectivity index (χ3v) is 2.63. The second kappa shape index (κ2) is 2.35. The van der Waals surface area contributed by atoms with Crippen molar-refractivity contribution in [1.82, 2.24) is 5.32 Å². The third-order valence-electron chi connectivity index (χ3n) is 2.63. The monoisotopic (exact) mass is 189 g/mol. The van der Waals surface area contributed by atoms with Crippen LogP contribution >= 0.6 is 0 Å². The van der Waals surface area contributed by atoms with Crippen molar-refractivity contribution in [2.24, 2.45) is 0 Å². The molecule has 2 atom stereocenters. The lowest BCUT2D eigenvalue weighted by Crippen LogP contribution is -2.20. The topological polar surface area (TPSA) is 55.4 Å². The highest BCUT2D eigenvalue weighted by molar-refractivity contribution is 6.07. The van der Waals surface area contributed by atoms with Crippen molar-refractivity contribution in [2.75, 3.05) is 0 Å². The van der Waals surface area contributed by atoms with E-state index in [1.807, 2.05) is 12.1 Å². The maximum Gasteiger partial charge on any atom is 0.408 e. The van der Waals surface area contributed by atoms with Gasteiger partial charge in [0, 0.05) is 5.56 Å². The lowest BCUT2D eigenvalue weighted by molar-refractivity contribution is 0.0753. The minimum Gasteiger partial charge on any atom is -0.435 e. The van der Waals surface area contributed by atoms with Gasteiger partial charge >= 0.3 is 6.09 Å². The van der Waals surface area contributed by atoms with E-state index in [2.05, 4.69) is 5.32 Å². The summed E-state index contributed by atoms with van der Waals surface area (Å²) in [4.78, 5) is 22.6. The van der Waals surface area contributed by atoms with Crippen molar-refractivity contribution in [1.29, 1.82) is 0 Å². The van der Waals surface area contributed by atoms with E-state index in [0.29, 0.717) is 5.56 Å². The summed E-state index contributed by atoms with van der Waals surface area (Å²) in [6.07, 6.45) is -1.16. The van der Waals surface area contributed by atoms with E-state index in [1.165, 1.54) is 0 Å². The Hall–Kier alpha value is -1.84. The van der Waals surface area contributed by atoms with Crippen LogP contribution in [-0.4, -0.2) is 18.0 Å². The number of hydrogen-bond donors (Lipinski definition) is 1. The van der Waals surface area contributed by atoms with Crippen LogP contribution in [-0.2, 0) is 4.74 Å². The fourth-order valence-electron chi connectivity index (χ4n) is 2.01. The molecule has 1 aliphatic heterocycles. The number of alkyl carbamates (subject to hydrolysis) is 1. The molecule has 14 heavy (non-hydrogen) atoms. The first-order chi connectivity index (χ1) is 6.77. The van der Waals surface area contributed by atoms with Crippen LogP contribution in [0.25, 0.3) is 0 Å². The Morgan fingerprint density at radius 2 is 2.00 bits per heavy atom. The Balaban J connectivity index is 2.16. The Bertz CT molecular complexity index is 441. The lowest BCUT2D eigenvalue weighted by atomic mass is 10.1. The molecule has 4 heteroatoms. The Morgan fingerprint density at radius 3 is 2.86 bits per heavy atom. The molecule has 0 spiro atoms. The molecule has 1 N–H and O–H groups in total. The van der Waals surface area contributed by atoms with E-state index in [-0.39, 0.29) is 11.8 Å². The molecule has 1 aromatic carbocycles. The van der Waals surface area contributed by atoms with Crippen LogP contribution in [0, 0.1) is 0 Å². The van der Waals surface area contributed by atoms with Crippen LogP contribution in [0.2, 0.25) is 0 Å². The molecule has 1 aromatic rings. The predicted molar refractivity (Wildman–Crippen MR) is 46.9 cm³/mol. The summed E-state index contributed by atoms with van der Waals surface area (Å²) in [7, 11) is 0. The number of hydrogen-bond acceptors (Lipinski definition) is 3. The summed E-state index contributed by atoms with van der Waals surface area (Å²) in [6.45, 7) is 0. The molecule has 1 saturated heterocycles. The number of nitrogens with one attached hydrogen (secondary N) is 1. The van der Waals surface area contributed by atoms with Gasteiger partial charge in [0.2, 0.25) is 5.78 Å². The molecule has 0 aromatic heterocycles. The Kier molecular flexibility index (Phi) is 1.27. The van der Waals surface area contributed by atoms with E-state index in [4.69, 9.17) is 4.74 Å². The number of carbonyl (C=O) groups is 2. The second-order valence-electron chi connectivity index (χ2n) is 3.40. The van der Waals surface area contributed by atoms with Crippen molar-refractivity contribution in [2.45, 2.75) is 12.1 Å². The van der Waals surface area contributed by atoms with Gasteiger partial charge in [-0.3, -0.25) is 4.79 Å². The molecule has 3 rings (SSSR count). The van der Waals surface area contributed by atoms with Crippen LogP contribution in [0.1, 0.15) is 22.0 Å². The highest BCUT2D eigenvalue weighted by atomic mass is 16.6. The number of rotatable bonds is 0. The normalized spacial score (nSPS) is 28.0. The number of ketones is 1. The number of carbonyl (C=O) groups excluding carboxylic acids is 2. The molecule has 2 aliphatic rings. The van der Waals surface area contributed by atoms with Gasteiger partial charge in [-0.2, -0.15) is 0 Å². The van der Waals surface area contributed by atoms with Crippen molar-refractivity contribution < 1.29 is 14.3 Å². The van der Waals surface area contributed by atoms with Crippen LogP contribution in [0.4, 0.5) is 4.79 Å². The maximum atomic E-state index is 11.7. The predicted octanol–water partition coefficient (Wildman–Crippen LogP) is 1.03. The van der Waals surface area contributed by atoms with Crippen molar-refractivity contribution in [3.8, 4) is 0 Å². The molecule has 0 unspecified atom stereocenters. The molecular formula is C10H7NO3. The van der Waals surface area contributed by atoms with Crippen LogP contribution in [0.5, 0.6) is 0 Å². The zero-order valence-electron chi connectivity index (χ0n) is 7.19. The molecule has 1 heterocycles. The summed E-state index contributed by atoms with van der Waals surface area (Å²) in [5, 5.41) is 2.62. The van der Waals surface area contributed by atoms with E-state index >= 15 is 0 Å². The van der Waals surface area contributed by atoms with Gasteiger partial charge in [0.1, 0.15) is 6.04 Å². The maximum absolute atomic E-state index is 11.7. The third kappa shape index (κ3) is 0.775. The number of benzene rings is 1. The quantitative estimate of drug-likeness (QED) is 0.663. The highest BCUT2D eigenvalue weighted by Crippen LogP contribution is 2.36. The van der Waals surface area contributed by atoms with E-state index < -0.39 is 12.2 Å². The van der Waals surface area contributed by atoms with E-state index in [1.54, 1.807) is 12.1 Å². The standard InChI is InChI=1S/C10H7NO3/c12-8-6-4-2-1-3-5(6)7-9(8)14-10(13)11-7/h1-4,7,9H,(H,11,13)/t7-,9-/m0/s1. The SMILES string of the molecule is O=C1N[C@H]2c3ccccc3C(=O)[C@H]2O1. The highest BCUT2D eigenvalue weighted by Gasteiger charge is 2.47.